The summed E-state index contributed by atoms with van der Waals surface area (Å²) in [7, 11) is -3.34. The van der Waals surface area contributed by atoms with E-state index >= 15 is 0 Å². The van der Waals surface area contributed by atoms with E-state index in [9.17, 15) is 22.0 Å². The summed E-state index contributed by atoms with van der Waals surface area (Å²) in [6.45, 7) is 8.66. The molecule has 3 rings (SSSR count). The Hall–Kier alpha value is -2.52. The average molecular weight is 537 g/mol. The first-order valence-corrected chi connectivity index (χ1v) is 14.6. The van der Waals surface area contributed by atoms with Gasteiger partial charge in [-0.25, -0.2) is 22.0 Å². The maximum absolute atomic E-state index is 14.0. The van der Waals surface area contributed by atoms with Crippen LogP contribution in [-0.2, 0) is 14.6 Å². The molecule has 2 aromatic carbocycles. The van der Waals surface area contributed by atoms with E-state index in [1.165, 1.54) is 12.1 Å². The molecule has 1 aliphatic heterocycles. The summed E-state index contributed by atoms with van der Waals surface area (Å²) in [6, 6.07) is 10.1. The van der Waals surface area contributed by atoms with Crippen molar-refractivity contribution in [1.82, 2.24) is 10.2 Å². The summed E-state index contributed by atoms with van der Waals surface area (Å²) < 4.78 is 57.0. The Labute approximate surface area is 219 Å². The lowest BCUT2D eigenvalue weighted by atomic mass is 9.87. The van der Waals surface area contributed by atoms with Gasteiger partial charge in [-0.15, -0.1) is 0 Å². The normalized spacial score (nSPS) is 16.4. The van der Waals surface area contributed by atoms with Crippen LogP contribution in [0.3, 0.4) is 0 Å². The quantitative estimate of drug-likeness (QED) is 0.457. The summed E-state index contributed by atoms with van der Waals surface area (Å²) in [5.41, 5.74) is 0.841. The zero-order chi connectivity index (χ0) is 27.2. The van der Waals surface area contributed by atoms with E-state index < -0.39 is 33.2 Å². The van der Waals surface area contributed by atoms with Gasteiger partial charge in [0.2, 0.25) is 0 Å². The molecule has 204 valence electrons. The fraction of sp³-hybridized carbons (Fsp3) is 0.536. The van der Waals surface area contributed by atoms with Gasteiger partial charge < -0.3 is 15.0 Å². The molecule has 1 amide bonds. The topological polar surface area (TPSA) is 75.7 Å². The first kappa shape index (κ1) is 29.0. The Kier molecular flexibility index (Phi) is 9.69. The second-order valence-corrected chi connectivity index (χ2v) is 12.9. The molecule has 0 aliphatic carbocycles. The van der Waals surface area contributed by atoms with Crippen molar-refractivity contribution in [2.75, 3.05) is 32.4 Å². The minimum Gasteiger partial charge on any atom is -0.444 e. The third kappa shape index (κ3) is 9.38. The van der Waals surface area contributed by atoms with Crippen LogP contribution in [0, 0.1) is 17.6 Å². The molecule has 1 N–H and O–H groups in total. The predicted octanol–water partition coefficient (Wildman–Crippen LogP) is 5.52. The van der Waals surface area contributed by atoms with Gasteiger partial charge >= 0.3 is 6.09 Å². The highest BCUT2D eigenvalue weighted by Crippen LogP contribution is 2.31. The molecule has 0 spiro atoms. The van der Waals surface area contributed by atoms with Gasteiger partial charge in [0.1, 0.15) is 17.2 Å². The lowest BCUT2D eigenvalue weighted by Crippen LogP contribution is -2.37. The van der Waals surface area contributed by atoms with E-state index in [1.807, 2.05) is 20.8 Å². The number of rotatable bonds is 9. The lowest BCUT2D eigenvalue weighted by molar-refractivity contribution is 0.0522. The second-order valence-electron chi connectivity index (χ2n) is 10.9. The smallest absolute Gasteiger partial charge is 0.407 e. The standard InChI is InChI=1S/C28H38F2N2O4S/c1-28(2,3)36-27(33)31-13-9-20-10-14-32(15-11-20)16-12-26(22-17-23(29)19-24(30)18-22)21-5-7-25(8-6-21)37(4,34)35/h5-8,17-20,26H,9-16H2,1-4H3,(H,31,33)/t26-/m1/s1. The van der Waals surface area contributed by atoms with E-state index in [-0.39, 0.29) is 10.8 Å². The lowest BCUT2D eigenvalue weighted by Gasteiger charge is -2.33. The highest BCUT2D eigenvalue weighted by molar-refractivity contribution is 7.90. The highest BCUT2D eigenvalue weighted by atomic mass is 32.2. The van der Waals surface area contributed by atoms with E-state index in [2.05, 4.69) is 10.2 Å². The van der Waals surface area contributed by atoms with Gasteiger partial charge in [0, 0.05) is 24.8 Å². The fourth-order valence-corrected chi connectivity index (χ4v) is 5.38. The number of amides is 1. The van der Waals surface area contributed by atoms with Crippen molar-refractivity contribution in [2.24, 2.45) is 5.92 Å². The van der Waals surface area contributed by atoms with Gasteiger partial charge in [-0.3, -0.25) is 0 Å². The van der Waals surface area contributed by atoms with Crippen molar-refractivity contribution in [3.8, 4) is 0 Å². The highest BCUT2D eigenvalue weighted by Gasteiger charge is 2.23. The zero-order valence-electron chi connectivity index (χ0n) is 22.1. The van der Waals surface area contributed by atoms with Crippen molar-refractivity contribution in [3.63, 3.8) is 0 Å². The number of benzene rings is 2. The summed E-state index contributed by atoms with van der Waals surface area (Å²) in [6.07, 6.45) is 4.32. The van der Waals surface area contributed by atoms with Crippen molar-refractivity contribution in [3.05, 3.63) is 65.2 Å². The van der Waals surface area contributed by atoms with Gasteiger partial charge in [-0.1, -0.05) is 12.1 Å². The molecule has 6 nitrogen and oxygen atoms in total. The number of carbonyl (C=O) groups excluding carboxylic acids is 1. The molecular weight excluding hydrogens is 498 g/mol. The second kappa shape index (κ2) is 12.3. The van der Waals surface area contributed by atoms with Gasteiger partial charge in [0.15, 0.2) is 9.84 Å². The van der Waals surface area contributed by atoms with Crippen molar-refractivity contribution in [1.29, 1.82) is 0 Å². The summed E-state index contributed by atoms with van der Waals surface area (Å²) in [5, 5.41) is 2.82. The molecule has 0 radical (unpaired) electrons. The Morgan fingerprint density at radius 3 is 2.19 bits per heavy atom. The fourth-order valence-electron chi connectivity index (χ4n) is 4.75. The average Bonchev–Trinajstić information content (AvgIpc) is 2.78. The molecule has 2 aromatic rings. The largest absolute Gasteiger partial charge is 0.444 e. The molecule has 1 saturated heterocycles. The predicted molar refractivity (Wildman–Crippen MR) is 140 cm³/mol. The Morgan fingerprint density at radius 1 is 1.05 bits per heavy atom. The number of nitrogens with zero attached hydrogens (tertiary/aromatic N) is 1. The number of carbonyl (C=O) groups is 1. The third-order valence-electron chi connectivity index (χ3n) is 6.66. The number of halogens is 2. The third-order valence-corrected chi connectivity index (χ3v) is 7.79. The monoisotopic (exact) mass is 536 g/mol. The summed E-state index contributed by atoms with van der Waals surface area (Å²) in [4.78, 5) is 14.4. The molecule has 0 unspecified atom stereocenters. The number of alkyl carbamates (subject to hydrolysis) is 1. The van der Waals surface area contributed by atoms with Crippen LogP contribution in [0.15, 0.2) is 47.4 Å². The van der Waals surface area contributed by atoms with Crippen molar-refractivity contribution >= 4 is 15.9 Å². The Bertz CT molecular complexity index is 1140. The molecular formula is C28H38F2N2O4S. The maximum Gasteiger partial charge on any atom is 0.407 e. The number of nitrogens with one attached hydrogen (secondary N) is 1. The Morgan fingerprint density at radius 2 is 1.65 bits per heavy atom. The van der Waals surface area contributed by atoms with Gasteiger partial charge in [0.25, 0.3) is 0 Å². The van der Waals surface area contributed by atoms with E-state index in [0.29, 0.717) is 24.4 Å². The van der Waals surface area contributed by atoms with Gasteiger partial charge in [-0.2, -0.15) is 0 Å². The number of sulfone groups is 1. The van der Waals surface area contributed by atoms with Crippen molar-refractivity contribution in [2.45, 2.75) is 62.9 Å². The number of hydrogen-bond acceptors (Lipinski definition) is 5. The minimum atomic E-state index is -3.34. The first-order valence-electron chi connectivity index (χ1n) is 12.8. The summed E-state index contributed by atoms with van der Waals surface area (Å²) in [5.74, 6) is -1.01. The number of ether oxygens (including phenoxy) is 1. The van der Waals surface area contributed by atoms with Crippen LogP contribution in [0.4, 0.5) is 13.6 Å². The molecule has 1 atom stereocenters. The van der Waals surface area contributed by atoms with Crippen LogP contribution in [0.1, 0.15) is 63.5 Å². The SMILES string of the molecule is CC(C)(C)OC(=O)NCCC1CCN(CC[C@H](c2ccc(S(C)(=O)=O)cc2)c2cc(F)cc(F)c2)CC1. The Balaban J connectivity index is 1.57. The molecule has 1 fully saturated rings. The van der Waals surface area contributed by atoms with E-state index in [1.54, 1.807) is 24.3 Å². The molecule has 0 aromatic heterocycles. The van der Waals surface area contributed by atoms with Crippen LogP contribution in [-0.4, -0.2) is 57.4 Å². The molecule has 0 bridgehead atoms. The van der Waals surface area contributed by atoms with E-state index in [4.69, 9.17) is 4.74 Å². The van der Waals surface area contributed by atoms with Crippen LogP contribution in [0.2, 0.25) is 0 Å². The molecule has 1 aliphatic rings. The number of hydrogen-bond donors (Lipinski definition) is 1. The van der Waals surface area contributed by atoms with Crippen LogP contribution < -0.4 is 5.32 Å². The van der Waals surface area contributed by atoms with Crippen molar-refractivity contribution < 1.29 is 26.7 Å². The maximum atomic E-state index is 14.0. The van der Waals surface area contributed by atoms with Crippen LogP contribution in [0.25, 0.3) is 0 Å². The zero-order valence-corrected chi connectivity index (χ0v) is 22.9. The first-order chi connectivity index (χ1) is 17.3. The molecule has 0 saturated carbocycles. The molecule has 9 heteroatoms. The molecule has 37 heavy (non-hydrogen) atoms. The minimum absolute atomic E-state index is 0.212. The van der Waals surface area contributed by atoms with Gasteiger partial charge in [0.05, 0.1) is 4.90 Å². The molecule has 1 heterocycles. The van der Waals surface area contributed by atoms with E-state index in [0.717, 1.165) is 56.8 Å². The number of likely N-dealkylation sites (tertiary alicyclic amines) is 1. The van der Waals surface area contributed by atoms with Crippen LogP contribution in [0.5, 0.6) is 0 Å². The van der Waals surface area contributed by atoms with Gasteiger partial charge in [-0.05, 0) is 107 Å². The summed E-state index contributed by atoms with van der Waals surface area (Å²) >= 11 is 0. The number of piperidine rings is 1. The van der Waals surface area contributed by atoms with Crippen LogP contribution >= 0.6 is 0 Å².